The Morgan fingerprint density at radius 1 is 1.35 bits per heavy atom. The van der Waals surface area contributed by atoms with Crippen molar-refractivity contribution < 1.29 is 9.84 Å². The first-order valence-electron chi connectivity index (χ1n) is 5.50. The molecule has 1 rings (SSSR count). The van der Waals surface area contributed by atoms with E-state index < -0.39 is 0 Å². The van der Waals surface area contributed by atoms with Crippen molar-refractivity contribution in [1.29, 1.82) is 0 Å². The molecule has 0 aliphatic carbocycles. The first-order valence-corrected chi connectivity index (χ1v) is 6.26. The van der Waals surface area contributed by atoms with E-state index in [-0.39, 0.29) is 12.7 Å². The fourth-order valence-electron chi connectivity index (χ4n) is 1.41. The van der Waals surface area contributed by atoms with Crippen LogP contribution in [0.3, 0.4) is 0 Å². The van der Waals surface area contributed by atoms with Gasteiger partial charge in [0.05, 0.1) is 17.7 Å². The molecule has 0 saturated carbocycles. The Hall–Kier alpha value is -0.480. The van der Waals surface area contributed by atoms with Crippen LogP contribution in [-0.4, -0.2) is 24.4 Å². The molecule has 0 bridgehead atoms. The van der Waals surface area contributed by atoms with Gasteiger partial charge >= 0.3 is 0 Å². The lowest BCUT2D eigenvalue weighted by Gasteiger charge is -2.16. The predicted octanol–water partition coefficient (Wildman–Crippen LogP) is 2.86. The first-order chi connectivity index (χ1) is 8.04. The van der Waals surface area contributed by atoms with Gasteiger partial charge in [0.2, 0.25) is 0 Å². The third kappa shape index (κ3) is 4.72. The second-order valence-electron chi connectivity index (χ2n) is 3.94. The van der Waals surface area contributed by atoms with Crippen molar-refractivity contribution in [1.82, 2.24) is 5.32 Å². The first kappa shape index (κ1) is 14.6. The molecule has 0 radical (unpaired) electrons. The highest BCUT2D eigenvalue weighted by molar-refractivity contribution is 6.35. The van der Waals surface area contributed by atoms with Gasteiger partial charge < -0.3 is 15.2 Å². The molecule has 0 amide bonds. The van der Waals surface area contributed by atoms with E-state index in [1.165, 1.54) is 0 Å². The second-order valence-corrected chi connectivity index (χ2v) is 4.79. The Kier molecular flexibility index (Phi) is 6.06. The van der Waals surface area contributed by atoms with Crippen LogP contribution >= 0.6 is 23.2 Å². The van der Waals surface area contributed by atoms with Gasteiger partial charge in [0.25, 0.3) is 0 Å². The largest absolute Gasteiger partial charge is 0.489 e. The Balaban J connectivity index is 2.90. The molecular formula is C12H17Cl2NO2. The minimum atomic E-state index is 0.0465. The van der Waals surface area contributed by atoms with Crippen LogP contribution in [0, 0.1) is 0 Å². The average molecular weight is 278 g/mol. The molecule has 0 aliphatic rings. The van der Waals surface area contributed by atoms with Crippen LogP contribution in [0.25, 0.3) is 0 Å². The third-order valence-corrected chi connectivity index (χ3v) is 2.54. The van der Waals surface area contributed by atoms with Crippen LogP contribution in [0.4, 0.5) is 0 Å². The van der Waals surface area contributed by atoms with Crippen molar-refractivity contribution >= 4 is 23.2 Å². The molecule has 0 heterocycles. The molecule has 17 heavy (non-hydrogen) atoms. The lowest BCUT2D eigenvalue weighted by Crippen LogP contribution is -2.19. The SMILES string of the molecule is CC(C)Oc1c(Cl)cc(Cl)cc1CNCCO. The summed E-state index contributed by atoms with van der Waals surface area (Å²) in [5.74, 6) is 0.650. The van der Waals surface area contributed by atoms with E-state index in [0.29, 0.717) is 28.9 Å². The Bertz CT molecular complexity index is 370. The maximum absolute atomic E-state index is 8.72. The van der Waals surface area contributed by atoms with Crippen LogP contribution in [-0.2, 0) is 6.54 Å². The minimum absolute atomic E-state index is 0.0465. The van der Waals surface area contributed by atoms with Crippen molar-refractivity contribution in [3.05, 3.63) is 27.7 Å². The molecular weight excluding hydrogens is 261 g/mol. The topological polar surface area (TPSA) is 41.5 Å². The van der Waals surface area contributed by atoms with Gasteiger partial charge in [0.15, 0.2) is 0 Å². The van der Waals surface area contributed by atoms with Crippen LogP contribution in [0.5, 0.6) is 5.75 Å². The minimum Gasteiger partial charge on any atom is -0.489 e. The van der Waals surface area contributed by atoms with Gasteiger partial charge in [-0.05, 0) is 26.0 Å². The highest BCUT2D eigenvalue weighted by Crippen LogP contribution is 2.33. The molecule has 96 valence electrons. The summed E-state index contributed by atoms with van der Waals surface area (Å²) >= 11 is 12.1. The predicted molar refractivity (Wildman–Crippen MR) is 71.0 cm³/mol. The Morgan fingerprint density at radius 2 is 2.06 bits per heavy atom. The molecule has 5 heteroatoms. The van der Waals surface area contributed by atoms with Gasteiger partial charge in [0.1, 0.15) is 5.75 Å². The third-order valence-electron chi connectivity index (χ3n) is 2.04. The number of ether oxygens (including phenoxy) is 1. The van der Waals surface area contributed by atoms with Crippen molar-refractivity contribution in [2.45, 2.75) is 26.5 Å². The average Bonchev–Trinajstić information content (AvgIpc) is 2.23. The van der Waals surface area contributed by atoms with E-state index in [2.05, 4.69) is 5.32 Å². The number of nitrogens with one attached hydrogen (secondary N) is 1. The fraction of sp³-hybridized carbons (Fsp3) is 0.500. The molecule has 3 nitrogen and oxygen atoms in total. The van der Waals surface area contributed by atoms with E-state index in [9.17, 15) is 0 Å². The number of hydrogen-bond donors (Lipinski definition) is 2. The smallest absolute Gasteiger partial charge is 0.142 e. The summed E-state index contributed by atoms with van der Waals surface area (Å²) in [7, 11) is 0. The monoisotopic (exact) mass is 277 g/mol. The van der Waals surface area contributed by atoms with E-state index in [4.69, 9.17) is 33.0 Å². The van der Waals surface area contributed by atoms with Gasteiger partial charge in [-0.3, -0.25) is 0 Å². The Morgan fingerprint density at radius 3 is 2.65 bits per heavy atom. The Labute approximate surface area is 112 Å². The molecule has 0 spiro atoms. The molecule has 1 aromatic rings. The van der Waals surface area contributed by atoms with E-state index >= 15 is 0 Å². The number of aliphatic hydroxyl groups is 1. The lowest BCUT2D eigenvalue weighted by atomic mass is 10.2. The number of benzene rings is 1. The lowest BCUT2D eigenvalue weighted by molar-refractivity contribution is 0.239. The van der Waals surface area contributed by atoms with Gasteiger partial charge in [-0.25, -0.2) is 0 Å². The summed E-state index contributed by atoms with van der Waals surface area (Å²) in [6.07, 6.45) is 0.0465. The van der Waals surface area contributed by atoms with Crippen molar-refractivity contribution in [3.8, 4) is 5.75 Å². The summed E-state index contributed by atoms with van der Waals surface area (Å²) in [6, 6.07) is 3.48. The number of halogens is 2. The summed E-state index contributed by atoms with van der Waals surface area (Å²) < 4.78 is 5.67. The second kappa shape index (κ2) is 7.07. The number of aliphatic hydroxyl groups excluding tert-OH is 1. The zero-order valence-corrected chi connectivity index (χ0v) is 11.5. The van der Waals surface area contributed by atoms with Crippen LogP contribution in [0.1, 0.15) is 19.4 Å². The molecule has 0 atom stereocenters. The summed E-state index contributed by atoms with van der Waals surface area (Å²) in [6.45, 7) is 5.05. The molecule has 0 aliphatic heterocycles. The summed E-state index contributed by atoms with van der Waals surface area (Å²) in [4.78, 5) is 0. The molecule has 1 aromatic carbocycles. The van der Waals surface area contributed by atoms with Crippen molar-refractivity contribution in [2.75, 3.05) is 13.2 Å². The number of hydrogen-bond acceptors (Lipinski definition) is 3. The highest BCUT2D eigenvalue weighted by atomic mass is 35.5. The molecule has 0 saturated heterocycles. The van der Waals surface area contributed by atoms with Gasteiger partial charge in [-0.2, -0.15) is 0 Å². The number of rotatable bonds is 6. The normalized spacial score (nSPS) is 10.9. The maximum atomic E-state index is 8.72. The van der Waals surface area contributed by atoms with Gasteiger partial charge in [-0.1, -0.05) is 23.2 Å². The molecule has 0 aromatic heterocycles. The van der Waals surface area contributed by atoms with E-state index in [0.717, 1.165) is 5.56 Å². The molecule has 0 unspecified atom stereocenters. The van der Waals surface area contributed by atoms with Gasteiger partial charge in [0, 0.05) is 23.7 Å². The van der Waals surface area contributed by atoms with Crippen LogP contribution in [0.15, 0.2) is 12.1 Å². The summed E-state index contributed by atoms with van der Waals surface area (Å²) in [5, 5.41) is 12.9. The maximum Gasteiger partial charge on any atom is 0.142 e. The standard InChI is InChI=1S/C12H17Cl2NO2/c1-8(2)17-12-9(7-15-3-4-16)5-10(13)6-11(12)14/h5-6,8,15-16H,3-4,7H2,1-2H3. The quantitative estimate of drug-likeness (QED) is 0.786. The van der Waals surface area contributed by atoms with E-state index in [1.807, 2.05) is 19.9 Å². The van der Waals surface area contributed by atoms with Crippen LogP contribution in [0.2, 0.25) is 10.0 Å². The van der Waals surface area contributed by atoms with Gasteiger partial charge in [-0.15, -0.1) is 0 Å². The van der Waals surface area contributed by atoms with Crippen molar-refractivity contribution in [2.24, 2.45) is 0 Å². The van der Waals surface area contributed by atoms with Crippen molar-refractivity contribution in [3.63, 3.8) is 0 Å². The molecule has 0 fully saturated rings. The fourth-order valence-corrected chi connectivity index (χ4v) is 1.99. The van der Waals surface area contributed by atoms with Crippen LogP contribution < -0.4 is 10.1 Å². The zero-order valence-electron chi connectivity index (χ0n) is 9.96. The summed E-state index contributed by atoms with van der Waals surface area (Å²) in [5.41, 5.74) is 0.893. The zero-order chi connectivity index (χ0) is 12.8. The van der Waals surface area contributed by atoms with E-state index in [1.54, 1.807) is 6.07 Å². The molecule has 2 N–H and O–H groups in total. The highest BCUT2D eigenvalue weighted by Gasteiger charge is 2.11.